The molecule has 0 fully saturated rings. The average Bonchev–Trinajstić information content (AvgIpc) is 3.13. The molecule has 0 atom stereocenters. The predicted octanol–water partition coefficient (Wildman–Crippen LogP) is 7.03. The van der Waals surface area contributed by atoms with Gasteiger partial charge in [0.05, 0.1) is 11.4 Å². The molecule has 2 heterocycles. The standard InChI is InChI=1S/C24H22FN3S2/c1-3-16-28-23(18-12-14-26-15-13-18)22(17-4-6-19(25)7-5-17)27-24(28)30-21-10-8-20(29-2)9-11-21/h4-15H,3,16H2,1-2H3. The average molecular weight is 436 g/mol. The number of benzene rings is 2. The zero-order chi connectivity index (χ0) is 20.9. The fourth-order valence-corrected chi connectivity index (χ4v) is 4.62. The number of thioether (sulfide) groups is 1. The summed E-state index contributed by atoms with van der Waals surface area (Å²) in [6.07, 6.45) is 6.64. The summed E-state index contributed by atoms with van der Waals surface area (Å²) >= 11 is 3.38. The van der Waals surface area contributed by atoms with Crippen molar-refractivity contribution in [1.82, 2.24) is 14.5 Å². The van der Waals surface area contributed by atoms with Gasteiger partial charge in [0, 0.05) is 39.9 Å². The van der Waals surface area contributed by atoms with Crippen LogP contribution in [0.5, 0.6) is 0 Å². The summed E-state index contributed by atoms with van der Waals surface area (Å²) in [6, 6.07) is 19.1. The highest BCUT2D eigenvalue weighted by Crippen LogP contribution is 2.38. The van der Waals surface area contributed by atoms with E-state index in [2.05, 4.69) is 47.0 Å². The lowest BCUT2D eigenvalue weighted by Gasteiger charge is -2.12. The first-order valence-corrected chi connectivity index (χ1v) is 11.8. The van der Waals surface area contributed by atoms with Crippen molar-refractivity contribution in [2.75, 3.05) is 6.26 Å². The third-order valence-electron chi connectivity index (χ3n) is 4.72. The maximum absolute atomic E-state index is 13.5. The maximum Gasteiger partial charge on any atom is 0.173 e. The Balaban J connectivity index is 1.85. The van der Waals surface area contributed by atoms with Gasteiger partial charge in [-0.2, -0.15) is 0 Å². The SMILES string of the molecule is CCCn1c(Sc2ccc(SC)cc2)nc(-c2ccc(F)cc2)c1-c1ccncc1. The van der Waals surface area contributed by atoms with E-state index in [-0.39, 0.29) is 5.82 Å². The summed E-state index contributed by atoms with van der Waals surface area (Å²) < 4.78 is 15.8. The summed E-state index contributed by atoms with van der Waals surface area (Å²) in [5.41, 5.74) is 3.85. The van der Waals surface area contributed by atoms with E-state index in [4.69, 9.17) is 4.98 Å². The zero-order valence-corrected chi connectivity index (χ0v) is 18.5. The fraction of sp³-hybridized carbons (Fsp3) is 0.167. The first-order chi connectivity index (χ1) is 14.7. The Morgan fingerprint density at radius 1 is 0.867 bits per heavy atom. The monoisotopic (exact) mass is 435 g/mol. The molecule has 0 spiro atoms. The molecule has 0 aliphatic heterocycles. The van der Waals surface area contributed by atoms with Crippen molar-refractivity contribution in [2.24, 2.45) is 0 Å². The molecule has 0 amide bonds. The topological polar surface area (TPSA) is 30.7 Å². The molecule has 30 heavy (non-hydrogen) atoms. The van der Waals surface area contributed by atoms with Crippen molar-refractivity contribution in [3.05, 3.63) is 78.9 Å². The Kier molecular flexibility index (Phi) is 6.55. The number of rotatable bonds is 7. The van der Waals surface area contributed by atoms with Gasteiger partial charge in [0.1, 0.15) is 5.82 Å². The van der Waals surface area contributed by atoms with Crippen molar-refractivity contribution in [1.29, 1.82) is 0 Å². The van der Waals surface area contributed by atoms with E-state index in [0.717, 1.165) is 45.5 Å². The second kappa shape index (κ2) is 9.49. The van der Waals surface area contributed by atoms with Crippen LogP contribution >= 0.6 is 23.5 Å². The second-order valence-corrected chi connectivity index (χ2v) is 8.68. The molecular formula is C24H22FN3S2. The van der Waals surface area contributed by atoms with Gasteiger partial charge in [-0.25, -0.2) is 9.37 Å². The lowest BCUT2D eigenvalue weighted by Crippen LogP contribution is -2.01. The highest BCUT2D eigenvalue weighted by Gasteiger charge is 2.20. The van der Waals surface area contributed by atoms with Crippen LogP contribution in [0.3, 0.4) is 0 Å². The molecule has 4 aromatic rings. The Labute approximate surface area is 184 Å². The molecule has 0 radical (unpaired) electrons. The van der Waals surface area contributed by atoms with Crippen molar-refractivity contribution in [3.63, 3.8) is 0 Å². The van der Waals surface area contributed by atoms with Crippen molar-refractivity contribution >= 4 is 23.5 Å². The Hall–Kier alpha value is -2.57. The normalized spacial score (nSPS) is 11.0. The number of nitrogens with zero attached hydrogens (tertiary/aromatic N) is 3. The minimum atomic E-state index is -0.249. The largest absolute Gasteiger partial charge is 0.318 e. The molecule has 0 aliphatic rings. The Morgan fingerprint density at radius 3 is 2.17 bits per heavy atom. The van der Waals surface area contributed by atoms with E-state index in [1.54, 1.807) is 48.1 Å². The van der Waals surface area contributed by atoms with E-state index < -0.39 is 0 Å². The summed E-state index contributed by atoms with van der Waals surface area (Å²) in [5.74, 6) is -0.249. The van der Waals surface area contributed by atoms with Crippen LogP contribution in [0.4, 0.5) is 4.39 Å². The van der Waals surface area contributed by atoms with Gasteiger partial charge in [-0.05, 0) is 73.3 Å². The van der Waals surface area contributed by atoms with Crippen molar-refractivity contribution in [3.8, 4) is 22.5 Å². The number of halogens is 1. The molecule has 0 N–H and O–H groups in total. The molecule has 3 nitrogen and oxygen atoms in total. The van der Waals surface area contributed by atoms with Gasteiger partial charge in [0.2, 0.25) is 0 Å². The van der Waals surface area contributed by atoms with Crippen molar-refractivity contribution in [2.45, 2.75) is 34.8 Å². The van der Waals surface area contributed by atoms with Crippen LogP contribution in [0.1, 0.15) is 13.3 Å². The van der Waals surface area contributed by atoms with Gasteiger partial charge < -0.3 is 4.57 Å². The van der Waals surface area contributed by atoms with Gasteiger partial charge in [-0.3, -0.25) is 4.98 Å². The highest BCUT2D eigenvalue weighted by molar-refractivity contribution is 7.99. The third-order valence-corrected chi connectivity index (χ3v) is 6.47. The molecular weight excluding hydrogens is 413 g/mol. The van der Waals surface area contributed by atoms with Crippen LogP contribution in [0.25, 0.3) is 22.5 Å². The van der Waals surface area contributed by atoms with E-state index >= 15 is 0 Å². The first kappa shape index (κ1) is 20.7. The van der Waals surface area contributed by atoms with Crippen LogP contribution in [0.2, 0.25) is 0 Å². The van der Waals surface area contributed by atoms with E-state index in [1.807, 2.05) is 12.1 Å². The lowest BCUT2D eigenvalue weighted by atomic mass is 10.1. The van der Waals surface area contributed by atoms with Crippen LogP contribution in [-0.4, -0.2) is 20.8 Å². The lowest BCUT2D eigenvalue weighted by molar-refractivity contribution is 0.626. The van der Waals surface area contributed by atoms with Gasteiger partial charge in [0.15, 0.2) is 5.16 Å². The predicted molar refractivity (Wildman–Crippen MR) is 123 cm³/mol. The number of pyridine rings is 1. The van der Waals surface area contributed by atoms with E-state index in [9.17, 15) is 4.39 Å². The number of hydrogen-bond acceptors (Lipinski definition) is 4. The molecule has 2 aromatic heterocycles. The number of hydrogen-bond donors (Lipinski definition) is 0. The zero-order valence-electron chi connectivity index (χ0n) is 16.9. The van der Waals surface area contributed by atoms with E-state index in [0.29, 0.717) is 0 Å². The molecule has 0 aliphatic carbocycles. The molecule has 2 aromatic carbocycles. The summed E-state index contributed by atoms with van der Waals surface area (Å²) in [5, 5.41) is 0.930. The number of aromatic nitrogens is 3. The second-order valence-electron chi connectivity index (χ2n) is 6.76. The molecule has 6 heteroatoms. The summed E-state index contributed by atoms with van der Waals surface area (Å²) in [4.78, 5) is 11.6. The molecule has 0 saturated heterocycles. The van der Waals surface area contributed by atoms with Gasteiger partial charge in [0.25, 0.3) is 0 Å². The molecule has 152 valence electrons. The smallest absolute Gasteiger partial charge is 0.173 e. The first-order valence-electron chi connectivity index (χ1n) is 9.78. The van der Waals surface area contributed by atoms with Crippen LogP contribution in [-0.2, 0) is 6.54 Å². The van der Waals surface area contributed by atoms with Gasteiger partial charge >= 0.3 is 0 Å². The number of imidazole rings is 1. The van der Waals surface area contributed by atoms with Crippen LogP contribution < -0.4 is 0 Å². The summed E-state index contributed by atoms with van der Waals surface area (Å²) in [6.45, 7) is 3.01. The quantitative estimate of drug-likeness (QED) is 0.291. The fourth-order valence-electron chi connectivity index (χ4n) is 3.30. The Bertz CT molecular complexity index is 1110. The van der Waals surface area contributed by atoms with Crippen molar-refractivity contribution < 1.29 is 4.39 Å². The summed E-state index contributed by atoms with van der Waals surface area (Å²) in [7, 11) is 0. The Morgan fingerprint density at radius 2 is 1.53 bits per heavy atom. The highest BCUT2D eigenvalue weighted by atomic mass is 32.2. The van der Waals surface area contributed by atoms with Gasteiger partial charge in [-0.15, -0.1) is 11.8 Å². The molecule has 0 saturated carbocycles. The third kappa shape index (κ3) is 4.45. The van der Waals surface area contributed by atoms with E-state index in [1.165, 1.54) is 17.0 Å². The van der Waals surface area contributed by atoms with Crippen LogP contribution in [0, 0.1) is 5.82 Å². The molecule has 0 unspecified atom stereocenters. The minimum absolute atomic E-state index is 0.249. The van der Waals surface area contributed by atoms with Crippen LogP contribution in [0.15, 0.2) is 88.0 Å². The molecule has 0 bridgehead atoms. The molecule has 4 rings (SSSR count). The maximum atomic E-state index is 13.5. The van der Waals surface area contributed by atoms with Gasteiger partial charge in [-0.1, -0.05) is 18.7 Å². The minimum Gasteiger partial charge on any atom is -0.318 e.